The average molecular weight is 277 g/mol. The molecule has 80 valence electrons. The third-order valence-electron chi connectivity index (χ3n) is 2.69. The van der Waals surface area contributed by atoms with Crippen molar-refractivity contribution < 1.29 is 4.70 Å². The Balaban J connectivity index is 0.000000963. The lowest BCUT2D eigenvalue weighted by molar-refractivity contribution is 1.11. The van der Waals surface area contributed by atoms with Crippen molar-refractivity contribution in [2.75, 3.05) is 0 Å². The van der Waals surface area contributed by atoms with Crippen molar-refractivity contribution in [2.45, 2.75) is 0 Å². The molecule has 0 fully saturated rings. The largest absolute Gasteiger partial charge is 0.269 e. The van der Waals surface area contributed by atoms with Gasteiger partial charge < -0.3 is 0 Å². The molecule has 16 heavy (non-hydrogen) atoms. The smallest absolute Gasteiger partial charge is 0.0253 e. The summed E-state index contributed by atoms with van der Waals surface area (Å²) < 4.78 is 1.16. The van der Waals surface area contributed by atoms with Gasteiger partial charge in [0, 0.05) is 4.47 Å². The summed E-state index contributed by atoms with van der Waals surface area (Å²) in [6.07, 6.45) is 0. The minimum Gasteiger partial charge on any atom is -0.269 e. The van der Waals surface area contributed by atoms with Gasteiger partial charge in [-0.05, 0) is 39.7 Å². The molecule has 0 N–H and O–H groups in total. The first-order valence-electron chi connectivity index (χ1n) is 4.92. The van der Waals surface area contributed by atoms with Crippen LogP contribution in [0.1, 0.15) is 0 Å². The lowest BCUT2D eigenvalue weighted by Crippen LogP contribution is -1.76. The number of hydrogen-bond donors (Lipinski definition) is 0. The predicted octanol–water partition coefficient (Wildman–Crippen LogP) is 4.91. The number of rotatable bonds is 0. The van der Waals surface area contributed by atoms with Crippen LogP contribution in [0.3, 0.4) is 0 Å². The zero-order valence-corrected chi connectivity index (χ0v) is 10.1. The molecule has 0 amide bonds. The Morgan fingerprint density at radius 2 is 1.31 bits per heavy atom. The van der Waals surface area contributed by atoms with E-state index in [1.807, 2.05) is 0 Å². The van der Waals surface area contributed by atoms with Crippen LogP contribution >= 0.6 is 15.9 Å². The molecule has 2 heteroatoms. The van der Waals surface area contributed by atoms with Gasteiger partial charge in [0.2, 0.25) is 0 Å². The van der Waals surface area contributed by atoms with Crippen molar-refractivity contribution in [1.82, 2.24) is 0 Å². The third-order valence-corrected chi connectivity index (χ3v) is 3.38. The van der Waals surface area contributed by atoms with Gasteiger partial charge in [-0.1, -0.05) is 52.3 Å². The summed E-state index contributed by atoms with van der Waals surface area (Å²) in [4.78, 5) is 0. The molecule has 0 atom stereocenters. The summed E-state index contributed by atoms with van der Waals surface area (Å²) in [7, 11) is 0. The Morgan fingerprint density at radius 3 is 2.06 bits per heavy atom. The number of hydrogen-bond acceptors (Lipinski definition) is 0. The van der Waals surface area contributed by atoms with Crippen LogP contribution in [0, 0.1) is 0 Å². The van der Waals surface area contributed by atoms with Gasteiger partial charge in [-0.15, -0.1) is 0 Å². The first kappa shape index (κ1) is 11.1. The lowest BCUT2D eigenvalue weighted by atomic mass is 10.0. The van der Waals surface area contributed by atoms with Crippen LogP contribution in [0.15, 0.2) is 59.1 Å². The Bertz CT molecular complexity index is 646. The van der Waals surface area contributed by atoms with Crippen molar-refractivity contribution in [1.29, 1.82) is 0 Å². The second kappa shape index (κ2) is 4.22. The highest BCUT2D eigenvalue weighted by Gasteiger charge is 1.99. The van der Waals surface area contributed by atoms with Gasteiger partial charge in [0.05, 0.1) is 0 Å². The van der Waals surface area contributed by atoms with Crippen molar-refractivity contribution in [3.05, 3.63) is 59.1 Å². The van der Waals surface area contributed by atoms with Crippen LogP contribution in [0.25, 0.3) is 21.5 Å². The van der Waals surface area contributed by atoms with Crippen LogP contribution in [0.2, 0.25) is 0 Å². The summed E-state index contributed by atoms with van der Waals surface area (Å²) in [5, 5.41) is 5.14. The van der Waals surface area contributed by atoms with Crippen LogP contribution < -0.4 is 0 Å². The standard InChI is InChI=1S/C14H9Br.FH/c15-14-7-3-6-12-8-10-4-1-2-5-11(10)9-13(12)14;/h1-9H;1H. The Labute approximate surface area is 101 Å². The van der Waals surface area contributed by atoms with Crippen LogP contribution in [-0.4, -0.2) is 0 Å². The van der Waals surface area contributed by atoms with Crippen molar-refractivity contribution >= 4 is 37.5 Å². The van der Waals surface area contributed by atoms with E-state index >= 15 is 0 Å². The van der Waals surface area contributed by atoms with Crippen LogP contribution in [0.5, 0.6) is 0 Å². The quantitative estimate of drug-likeness (QED) is 0.512. The highest BCUT2D eigenvalue weighted by molar-refractivity contribution is 9.10. The van der Waals surface area contributed by atoms with E-state index in [4.69, 9.17) is 0 Å². The molecule has 0 spiro atoms. The first-order chi connectivity index (χ1) is 7.34. The second-order valence-electron chi connectivity index (χ2n) is 3.66. The fraction of sp³-hybridized carbons (Fsp3) is 0. The molecule has 0 heterocycles. The zero-order valence-electron chi connectivity index (χ0n) is 8.48. The van der Waals surface area contributed by atoms with E-state index in [-0.39, 0.29) is 4.70 Å². The number of fused-ring (bicyclic) bond motifs is 2. The fourth-order valence-corrected chi connectivity index (χ4v) is 2.42. The van der Waals surface area contributed by atoms with Crippen molar-refractivity contribution in [3.63, 3.8) is 0 Å². The molecule has 0 nitrogen and oxygen atoms in total. The summed E-state index contributed by atoms with van der Waals surface area (Å²) in [6.45, 7) is 0. The van der Waals surface area contributed by atoms with E-state index in [0.29, 0.717) is 0 Å². The molecule has 0 aliphatic carbocycles. The molecular formula is C14H10BrF. The Morgan fingerprint density at radius 1 is 0.688 bits per heavy atom. The molecule has 0 aliphatic rings. The maximum atomic E-state index is 3.58. The summed E-state index contributed by atoms with van der Waals surface area (Å²) in [5.74, 6) is 0. The van der Waals surface area contributed by atoms with E-state index in [9.17, 15) is 0 Å². The van der Waals surface area contributed by atoms with Gasteiger partial charge in [0.1, 0.15) is 0 Å². The van der Waals surface area contributed by atoms with Crippen LogP contribution in [-0.2, 0) is 0 Å². The molecule has 0 unspecified atom stereocenters. The van der Waals surface area contributed by atoms with Crippen molar-refractivity contribution in [2.24, 2.45) is 0 Å². The van der Waals surface area contributed by atoms with E-state index < -0.39 is 0 Å². The molecular weight excluding hydrogens is 267 g/mol. The third kappa shape index (κ3) is 1.69. The van der Waals surface area contributed by atoms with Gasteiger partial charge in [-0.25, -0.2) is 0 Å². The molecule has 3 rings (SSSR count). The van der Waals surface area contributed by atoms with E-state index in [0.717, 1.165) is 4.47 Å². The molecule has 0 aromatic heterocycles. The molecule has 3 aromatic rings. The molecule has 0 saturated heterocycles. The zero-order chi connectivity index (χ0) is 10.3. The first-order valence-corrected chi connectivity index (χ1v) is 5.71. The summed E-state index contributed by atoms with van der Waals surface area (Å²) in [6, 6.07) is 19.2. The van der Waals surface area contributed by atoms with Gasteiger partial charge in [-0.3, -0.25) is 4.70 Å². The summed E-state index contributed by atoms with van der Waals surface area (Å²) >= 11 is 3.58. The van der Waals surface area contributed by atoms with E-state index in [2.05, 4.69) is 70.5 Å². The maximum Gasteiger partial charge on any atom is 0.0253 e. The number of benzene rings is 3. The average Bonchev–Trinajstić information content (AvgIpc) is 2.27. The second-order valence-corrected chi connectivity index (χ2v) is 4.51. The highest BCUT2D eigenvalue weighted by Crippen LogP contribution is 2.28. The summed E-state index contributed by atoms with van der Waals surface area (Å²) in [5.41, 5.74) is 0. The van der Waals surface area contributed by atoms with Gasteiger partial charge in [0.25, 0.3) is 0 Å². The molecule has 0 aliphatic heterocycles. The van der Waals surface area contributed by atoms with Gasteiger partial charge in [-0.2, -0.15) is 0 Å². The van der Waals surface area contributed by atoms with Crippen LogP contribution in [0.4, 0.5) is 4.70 Å². The molecule has 3 aromatic carbocycles. The van der Waals surface area contributed by atoms with E-state index in [1.54, 1.807) is 0 Å². The van der Waals surface area contributed by atoms with E-state index in [1.165, 1.54) is 21.5 Å². The normalized spacial score (nSPS) is 10.3. The van der Waals surface area contributed by atoms with Crippen molar-refractivity contribution in [3.8, 4) is 0 Å². The molecule has 0 bridgehead atoms. The predicted molar refractivity (Wildman–Crippen MR) is 71.7 cm³/mol. The lowest BCUT2D eigenvalue weighted by Gasteiger charge is -2.03. The Kier molecular flexibility index (Phi) is 2.92. The Hall–Kier alpha value is -1.41. The van der Waals surface area contributed by atoms with Gasteiger partial charge >= 0.3 is 0 Å². The topological polar surface area (TPSA) is 0 Å². The minimum absolute atomic E-state index is 0. The highest BCUT2D eigenvalue weighted by atomic mass is 79.9. The minimum atomic E-state index is 0. The maximum absolute atomic E-state index is 3.58. The molecule has 0 radical (unpaired) electrons. The molecule has 0 saturated carbocycles. The van der Waals surface area contributed by atoms with Gasteiger partial charge in [0.15, 0.2) is 0 Å². The monoisotopic (exact) mass is 276 g/mol. The fourth-order valence-electron chi connectivity index (χ4n) is 1.93. The SMILES string of the molecule is Brc1cccc2cc3ccccc3cc12.F. The number of halogens is 2.